The summed E-state index contributed by atoms with van der Waals surface area (Å²) in [6.45, 7) is 7.22. The number of nitrogens with zero attached hydrogens (tertiary/aromatic N) is 1. The summed E-state index contributed by atoms with van der Waals surface area (Å²) in [6.07, 6.45) is 8.36. The summed E-state index contributed by atoms with van der Waals surface area (Å²) in [5.41, 5.74) is 0. The van der Waals surface area contributed by atoms with Crippen molar-refractivity contribution in [3.05, 3.63) is 0 Å². The highest BCUT2D eigenvalue weighted by Gasteiger charge is 2.21. The molecule has 0 amide bonds. The van der Waals surface area contributed by atoms with Crippen molar-refractivity contribution >= 4 is 12.6 Å². The first-order valence-electron chi connectivity index (χ1n) is 6.59. The van der Waals surface area contributed by atoms with Crippen molar-refractivity contribution in [1.29, 1.82) is 0 Å². The Hall–Kier alpha value is 0.310. The van der Waals surface area contributed by atoms with E-state index in [9.17, 15) is 0 Å². The number of hydrogen-bond donors (Lipinski definition) is 1. The molecule has 0 unspecified atom stereocenters. The molecular formula is C13H27NS. The van der Waals surface area contributed by atoms with Crippen LogP contribution in [0.1, 0.15) is 52.4 Å². The Balaban J connectivity index is 2.30. The van der Waals surface area contributed by atoms with Crippen LogP contribution in [0.25, 0.3) is 0 Å². The van der Waals surface area contributed by atoms with Crippen molar-refractivity contribution in [3.63, 3.8) is 0 Å². The van der Waals surface area contributed by atoms with Crippen molar-refractivity contribution in [3.8, 4) is 0 Å². The van der Waals surface area contributed by atoms with Gasteiger partial charge < -0.3 is 4.90 Å². The third-order valence-corrected chi connectivity index (χ3v) is 3.75. The minimum atomic E-state index is 0.838. The van der Waals surface area contributed by atoms with Crippen LogP contribution in [0.5, 0.6) is 0 Å². The van der Waals surface area contributed by atoms with Gasteiger partial charge in [0.05, 0.1) is 0 Å². The molecular weight excluding hydrogens is 202 g/mol. The minimum Gasteiger partial charge on any atom is -0.300 e. The van der Waals surface area contributed by atoms with E-state index in [0.717, 1.165) is 17.7 Å². The summed E-state index contributed by atoms with van der Waals surface area (Å²) in [5.74, 6) is 1.87. The van der Waals surface area contributed by atoms with Gasteiger partial charge in [0, 0.05) is 6.04 Å². The Labute approximate surface area is 101 Å². The molecule has 1 saturated carbocycles. The molecule has 1 aliphatic carbocycles. The fourth-order valence-corrected chi connectivity index (χ4v) is 2.59. The highest BCUT2D eigenvalue weighted by atomic mass is 32.1. The highest BCUT2D eigenvalue weighted by Crippen LogP contribution is 2.24. The fraction of sp³-hybridized carbons (Fsp3) is 1.00. The monoisotopic (exact) mass is 229 g/mol. The maximum absolute atomic E-state index is 4.32. The van der Waals surface area contributed by atoms with E-state index in [1.165, 1.54) is 51.6 Å². The molecule has 15 heavy (non-hydrogen) atoms. The van der Waals surface area contributed by atoms with E-state index in [4.69, 9.17) is 0 Å². The van der Waals surface area contributed by atoms with Crippen molar-refractivity contribution in [1.82, 2.24) is 4.90 Å². The quantitative estimate of drug-likeness (QED) is 0.653. The van der Waals surface area contributed by atoms with Crippen LogP contribution in [0.2, 0.25) is 0 Å². The van der Waals surface area contributed by atoms with Gasteiger partial charge in [0.15, 0.2) is 0 Å². The van der Waals surface area contributed by atoms with E-state index in [-0.39, 0.29) is 0 Å². The Morgan fingerprint density at radius 3 is 2.40 bits per heavy atom. The molecule has 0 saturated heterocycles. The van der Waals surface area contributed by atoms with Gasteiger partial charge >= 0.3 is 0 Å². The molecule has 2 heteroatoms. The van der Waals surface area contributed by atoms with E-state index in [0.29, 0.717) is 0 Å². The van der Waals surface area contributed by atoms with Crippen LogP contribution in [-0.4, -0.2) is 29.8 Å². The van der Waals surface area contributed by atoms with Crippen molar-refractivity contribution in [2.45, 2.75) is 58.4 Å². The lowest BCUT2D eigenvalue weighted by molar-refractivity contribution is 0.189. The Kier molecular flexibility index (Phi) is 6.74. The van der Waals surface area contributed by atoms with Crippen LogP contribution in [-0.2, 0) is 0 Å². The molecule has 0 atom stereocenters. The topological polar surface area (TPSA) is 3.24 Å². The molecule has 1 rings (SSSR count). The van der Waals surface area contributed by atoms with E-state index in [2.05, 4.69) is 31.4 Å². The number of thiol groups is 1. The van der Waals surface area contributed by atoms with Gasteiger partial charge in [0.25, 0.3) is 0 Å². The van der Waals surface area contributed by atoms with Gasteiger partial charge in [-0.1, -0.05) is 26.7 Å². The van der Waals surface area contributed by atoms with Gasteiger partial charge in [-0.2, -0.15) is 12.6 Å². The van der Waals surface area contributed by atoms with E-state index < -0.39 is 0 Å². The third kappa shape index (κ3) is 5.26. The van der Waals surface area contributed by atoms with Gasteiger partial charge in [0.1, 0.15) is 0 Å². The van der Waals surface area contributed by atoms with Gasteiger partial charge in [-0.05, 0) is 50.4 Å². The average Bonchev–Trinajstić information content (AvgIpc) is 2.71. The zero-order chi connectivity index (χ0) is 11.1. The fourth-order valence-electron chi connectivity index (χ4n) is 2.44. The maximum Gasteiger partial charge on any atom is 0.00952 e. The molecule has 0 bridgehead atoms. The molecule has 1 fully saturated rings. The zero-order valence-corrected chi connectivity index (χ0v) is 11.3. The van der Waals surface area contributed by atoms with E-state index in [1.807, 2.05) is 0 Å². The second-order valence-electron chi connectivity index (χ2n) is 5.23. The van der Waals surface area contributed by atoms with Gasteiger partial charge in [-0.15, -0.1) is 0 Å². The van der Waals surface area contributed by atoms with Crippen molar-refractivity contribution in [2.24, 2.45) is 5.92 Å². The van der Waals surface area contributed by atoms with Crippen LogP contribution in [0.4, 0.5) is 0 Å². The largest absolute Gasteiger partial charge is 0.300 e. The van der Waals surface area contributed by atoms with Crippen molar-refractivity contribution < 1.29 is 0 Å². The molecule has 0 aromatic carbocycles. The normalized spacial score (nSPS) is 18.2. The van der Waals surface area contributed by atoms with Crippen LogP contribution >= 0.6 is 12.6 Å². The highest BCUT2D eigenvalue weighted by molar-refractivity contribution is 7.80. The molecule has 0 spiro atoms. The van der Waals surface area contributed by atoms with Crippen molar-refractivity contribution in [2.75, 3.05) is 18.8 Å². The zero-order valence-electron chi connectivity index (χ0n) is 10.4. The SMILES string of the molecule is CC(C)CCN(CCCS)C1CCCC1. The Morgan fingerprint density at radius 1 is 1.20 bits per heavy atom. The second kappa shape index (κ2) is 7.56. The summed E-state index contributed by atoms with van der Waals surface area (Å²) in [5, 5.41) is 0. The smallest absolute Gasteiger partial charge is 0.00952 e. The molecule has 0 heterocycles. The molecule has 1 nitrogen and oxygen atoms in total. The first-order valence-corrected chi connectivity index (χ1v) is 7.22. The molecule has 0 aromatic heterocycles. The molecule has 0 radical (unpaired) electrons. The predicted octanol–water partition coefficient (Wildman–Crippen LogP) is 3.60. The summed E-state index contributed by atoms with van der Waals surface area (Å²) in [4.78, 5) is 2.73. The lowest BCUT2D eigenvalue weighted by atomic mass is 10.1. The maximum atomic E-state index is 4.32. The lowest BCUT2D eigenvalue weighted by Crippen LogP contribution is -2.35. The first kappa shape index (κ1) is 13.4. The third-order valence-electron chi connectivity index (χ3n) is 3.44. The lowest BCUT2D eigenvalue weighted by Gasteiger charge is -2.29. The standard InChI is InChI=1S/C13H27NS/c1-12(2)8-10-14(9-5-11-15)13-6-3-4-7-13/h12-13,15H,3-11H2,1-2H3. The molecule has 0 aliphatic heterocycles. The molecule has 0 N–H and O–H groups in total. The average molecular weight is 229 g/mol. The summed E-state index contributed by atoms with van der Waals surface area (Å²) < 4.78 is 0. The predicted molar refractivity (Wildman–Crippen MR) is 71.8 cm³/mol. The molecule has 0 aromatic rings. The van der Waals surface area contributed by atoms with Gasteiger partial charge in [-0.3, -0.25) is 0 Å². The van der Waals surface area contributed by atoms with E-state index >= 15 is 0 Å². The minimum absolute atomic E-state index is 0.838. The summed E-state index contributed by atoms with van der Waals surface area (Å²) in [6, 6.07) is 0.892. The van der Waals surface area contributed by atoms with Crippen LogP contribution in [0, 0.1) is 5.92 Å². The van der Waals surface area contributed by atoms with Crippen LogP contribution < -0.4 is 0 Å². The van der Waals surface area contributed by atoms with Crippen LogP contribution in [0.15, 0.2) is 0 Å². The Morgan fingerprint density at radius 2 is 1.87 bits per heavy atom. The van der Waals surface area contributed by atoms with Crippen LogP contribution in [0.3, 0.4) is 0 Å². The number of rotatable bonds is 7. The summed E-state index contributed by atoms with van der Waals surface area (Å²) in [7, 11) is 0. The van der Waals surface area contributed by atoms with Gasteiger partial charge in [0.2, 0.25) is 0 Å². The number of hydrogen-bond acceptors (Lipinski definition) is 2. The Bertz CT molecular complexity index is 153. The summed E-state index contributed by atoms with van der Waals surface area (Å²) >= 11 is 4.32. The molecule has 1 aliphatic rings. The second-order valence-corrected chi connectivity index (χ2v) is 5.68. The molecule has 90 valence electrons. The van der Waals surface area contributed by atoms with Gasteiger partial charge in [-0.25, -0.2) is 0 Å². The van der Waals surface area contributed by atoms with E-state index in [1.54, 1.807) is 0 Å². The first-order chi connectivity index (χ1) is 7.24.